The van der Waals surface area contributed by atoms with E-state index in [0.717, 1.165) is 34.6 Å². The van der Waals surface area contributed by atoms with E-state index in [1.807, 2.05) is 30.5 Å². The molecular weight excluding hydrogens is 364 g/mol. The molecule has 2 N–H and O–H groups in total. The van der Waals surface area contributed by atoms with Gasteiger partial charge in [-0.25, -0.2) is 0 Å². The molecule has 152 valence electrons. The van der Waals surface area contributed by atoms with Crippen LogP contribution in [0.15, 0.2) is 41.7 Å². The Balaban J connectivity index is 1.38. The molecule has 29 heavy (non-hydrogen) atoms. The van der Waals surface area contributed by atoms with Crippen LogP contribution in [0.3, 0.4) is 0 Å². The van der Waals surface area contributed by atoms with Crippen molar-refractivity contribution in [1.29, 1.82) is 0 Å². The zero-order valence-corrected chi connectivity index (χ0v) is 17.2. The molecule has 5 rings (SSSR count). The van der Waals surface area contributed by atoms with E-state index >= 15 is 0 Å². The van der Waals surface area contributed by atoms with E-state index in [0.29, 0.717) is 17.4 Å². The number of allylic oxidation sites excluding steroid dienone is 2. The number of methoxy groups -OCH3 is 2. The van der Waals surface area contributed by atoms with E-state index in [-0.39, 0.29) is 5.91 Å². The van der Waals surface area contributed by atoms with Crippen molar-refractivity contribution < 1.29 is 14.3 Å². The molecule has 0 radical (unpaired) electrons. The third-order valence-electron chi connectivity index (χ3n) is 7.14. The summed E-state index contributed by atoms with van der Waals surface area (Å²) < 4.78 is 10.8. The Morgan fingerprint density at radius 3 is 2.79 bits per heavy atom. The van der Waals surface area contributed by atoms with E-state index in [1.165, 1.54) is 37.0 Å². The van der Waals surface area contributed by atoms with Gasteiger partial charge in [0, 0.05) is 29.1 Å². The maximum atomic E-state index is 13.0. The number of fused-ring (bicyclic) bond motifs is 1. The Kier molecular flexibility index (Phi) is 4.41. The Morgan fingerprint density at radius 2 is 2.00 bits per heavy atom. The molecule has 4 atom stereocenters. The Hall–Kier alpha value is -2.69. The highest BCUT2D eigenvalue weighted by molar-refractivity contribution is 5.95. The van der Waals surface area contributed by atoms with E-state index < -0.39 is 0 Å². The molecule has 2 fully saturated rings. The van der Waals surface area contributed by atoms with Gasteiger partial charge in [0.15, 0.2) is 0 Å². The van der Waals surface area contributed by atoms with Crippen molar-refractivity contribution in [3.05, 3.63) is 47.4 Å². The zero-order valence-electron chi connectivity index (χ0n) is 17.2. The van der Waals surface area contributed by atoms with Crippen LogP contribution in [0.4, 0.5) is 0 Å². The van der Waals surface area contributed by atoms with Gasteiger partial charge in [0.1, 0.15) is 17.2 Å². The smallest absolute Gasteiger partial charge is 0.271 e. The number of aromatic nitrogens is 1. The second kappa shape index (κ2) is 6.97. The highest BCUT2D eigenvalue weighted by Gasteiger charge is 2.48. The van der Waals surface area contributed by atoms with Gasteiger partial charge in [-0.3, -0.25) is 4.79 Å². The van der Waals surface area contributed by atoms with Crippen LogP contribution in [0.1, 0.15) is 43.1 Å². The van der Waals surface area contributed by atoms with Gasteiger partial charge >= 0.3 is 0 Å². The monoisotopic (exact) mass is 392 g/mol. The van der Waals surface area contributed by atoms with Crippen molar-refractivity contribution in [3.8, 4) is 22.6 Å². The first-order chi connectivity index (χ1) is 14.1. The van der Waals surface area contributed by atoms with Crippen molar-refractivity contribution in [2.24, 2.45) is 23.7 Å². The van der Waals surface area contributed by atoms with Crippen molar-refractivity contribution in [3.63, 3.8) is 0 Å². The summed E-state index contributed by atoms with van der Waals surface area (Å²) in [6.45, 7) is 2.26. The van der Waals surface area contributed by atoms with Crippen molar-refractivity contribution in [1.82, 2.24) is 10.3 Å². The molecule has 1 amide bonds. The number of amides is 1. The molecule has 0 spiro atoms. The molecule has 1 heterocycles. The highest BCUT2D eigenvalue weighted by atomic mass is 16.5. The molecule has 3 aliphatic rings. The number of benzene rings is 1. The van der Waals surface area contributed by atoms with E-state index in [4.69, 9.17) is 9.47 Å². The fourth-order valence-electron chi connectivity index (χ4n) is 5.71. The van der Waals surface area contributed by atoms with Gasteiger partial charge in [0.05, 0.1) is 14.2 Å². The average Bonchev–Trinajstić information content (AvgIpc) is 3.30. The molecule has 2 saturated carbocycles. The van der Waals surface area contributed by atoms with Crippen LogP contribution in [0.2, 0.25) is 0 Å². The van der Waals surface area contributed by atoms with Crippen LogP contribution in [0.25, 0.3) is 11.1 Å². The minimum atomic E-state index is -0.0562. The molecule has 5 heteroatoms. The maximum Gasteiger partial charge on any atom is 0.271 e. The van der Waals surface area contributed by atoms with Gasteiger partial charge in [-0.05, 0) is 73.1 Å². The Bertz CT molecular complexity index is 990. The number of hydrogen-bond acceptors (Lipinski definition) is 3. The average molecular weight is 392 g/mol. The van der Waals surface area contributed by atoms with Gasteiger partial charge in [-0.15, -0.1) is 0 Å². The second-order valence-electron chi connectivity index (χ2n) is 8.81. The fraction of sp³-hybridized carbons (Fsp3) is 0.458. The number of hydrogen-bond donors (Lipinski definition) is 2. The summed E-state index contributed by atoms with van der Waals surface area (Å²) in [6.07, 6.45) is 6.96. The SMILES string of the molecule is COc1ccc(-c2c[nH]c(C(=O)NC3=C4CC5CC(CC3C)CC45)c2)c(OC)c1. The van der Waals surface area contributed by atoms with Crippen molar-refractivity contribution >= 4 is 5.91 Å². The van der Waals surface area contributed by atoms with Gasteiger partial charge in [0.2, 0.25) is 0 Å². The molecule has 1 aromatic heterocycles. The molecule has 1 aromatic carbocycles. The van der Waals surface area contributed by atoms with Crippen LogP contribution in [0.5, 0.6) is 11.5 Å². The standard InChI is InChI=1S/C24H28N2O3/c1-13-6-14-7-15-9-20(19(15)8-14)23(13)26-24(27)21-10-16(12-25-21)18-5-4-17(28-2)11-22(18)29-3/h4-5,10-15,19,25H,6-9H2,1-3H3,(H,26,27). The first-order valence-corrected chi connectivity index (χ1v) is 10.5. The molecule has 0 saturated heterocycles. The van der Waals surface area contributed by atoms with Gasteiger partial charge < -0.3 is 19.8 Å². The summed E-state index contributed by atoms with van der Waals surface area (Å²) in [6, 6.07) is 7.59. The summed E-state index contributed by atoms with van der Waals surface area (Å²) in [7, 11) is 3.27. The van der Waals surface area contributed by atoms with Crippen LogP contribution >= 0.6 is 0 Å². The number of rotatable bonds is 5. The third kappa shape index (κ3) is 3.04. The molecule has 3 aliphatic carbocycles. The van der Waals surface area contributed by atoms with Gasteiger partial charge in [0.25, 0.3) is 5.91 Å². The topological polar surface area (TPSA) is 63.4 Å². The van der Waals surface area contributed by atoms with Gasteiger partial charge in [-0.1, -0.05) is 6.92 Å². The summed E-state index contributed by atoms with van der Waals surface area (Å²) >= 11 is 0. The van der Waals surface area contributed by atoms with Crippen molar-refractivity contribution in [2.45, 2.75) is 32.6 Å². The minimum absolute atomic E-state index is 0.0562. The first-order valence-electron chi connectivity index (χ1n) is 10.5. The van der Waals surface area contributed by atoms with Crippen LogP contribution in [0, 0.1) is 23.7 Å². The normalized spacial score (nSPS) is 27.3. The lowest BCUT2D eigenvalue weighted by molar-refractivity contribution is 0.0954. The number of nitrogens with one attached hydrogen (secondary N) is 2. The van der Waals surface area contributed by atoms with Gasteiger partial charge in [-0.2, -0.15) is 0 Å². The number of aromatic amines is 1. The number of carbonyl (C=O) groups excluding carboxylic acids is 1. The molecule has 2 aromatic rings. The summed E-state index contributed by atoms with van der Waals surface area (Å²) in [5.41, 5.74) is 5.12. The van der Waals surface area contributed by atoms with Crippen molar-refractivity contribution in [2.75, 3.05) is 14.2 Å². The summed E-state index contributed by atoms with van der Waals surface area (Å²) in [5, 5.41) is 3.27. The zero-order chi connectivity index (χ0) is 20.1. The minimum Gasteiger partial charge on any atom is -0.497 e. The van der Waals surface area contributed by atoms with Crippen LogP contribution in [-0.4, -0.2) is 25.1 Å². The van der Waals surface area contributed by atoms with Crippen LogP contribution < -0.4 is 14.8 Å². The van der Waals surface area contributed by atoms with Crippen LogP contribution in [-0.2, 0) is 0 Å². The molecule has 4 unspecified atom stereocenters. The molecule has 5 nitrogen and oxygen atoms in total. The molecule has 2 bridgehead atoms. The lowest BCUT2D eigenvalue weighted by Gasteiger charge is -2.38. The summed E-state index contributed by atoms with van der Waals surface area (Å²) in [5.74, 6) is 4.27. The fourth-order valence-corrected chi connectivity index (χ4v) is 5.71. The molecule has 0 aliphatic heterocycles. The Morgan fingerprint density at radius 1 is 1.14 bits per heavy atom. The predicted octanol–water partition coefficient (Wildman–Crippen LogP) is 4.77. The first kappa shape index (κ1) is 18.3. The number of H-pyrrole nitrogens is 1. The molecular formula is C24H28N2O3. The van der Waals surface area contributed by atoms with E-state index in [2.05, 4.69) is 17.2 Å². The predicted molar refractivity (Wildman–Crippen MR) is 112 cm³/mol. The van der Waals surface area contributed by atoms with E-state index in [9.17, 15) is 4.79 Å². The lowest BCUT2D eigenvalue weighted by atomic mass is 9.69. The van der Waals surface area contributed by atoms with E-state index in [1.54, 1.807) is 14.2 Å². The quantitative estimate of drug-likeness (QED) is 0.770. The highest BCUT2D eigenvalue weighted by Crippen LogP contribution is 2.58. The second-order valence-corrected chi connectivity index (χ2v) is 8.81. The number of carbonyl (C=O) groups is 1. The maximum absolute atomic E-state index is 13.0. The summed E-state index contributed by atoms with van der Waals surface area (Å²) in [4.78, 5) is 16.2. The number of ether oxygens (including phenoxy) is 2. The third-order valence-corrected chi connectivity index (χ3v) is 7.14. The lowest BCUT2D eigenvalue weighted by Crippen LogP contribution is -2.34. The Labute approximate surface area is 171 Å². The largest absolute Gasteiger partial charge is 0.497 e.